The molecule has 0 spiro atoms. The van der Waals surface area contributed by atoms with E-state index in [1.807, 2.05) is 12.1 Å². The number of carbonyl (C=O) groups excluding carboxylic acids is 1. The summed E-state index contributed by atoms with van der Waals surface area (Å²) in [6, 6.07) is 5.46. The Morgan fingerprint density at radius 3 is 2.95 bits per heavy atom. The van der Waals surface area contributed by atoms with Crippen molar-refractivity contribution in [1.29, 1.82) is 0 Å². The summed E-state index contributed by atoms with van der Waals surface area (Å²) in [6.07, 6.45) is 3.91. The van der Waals surface area contributed by atoms with Gasteiger partial charge in [0.1, 0.15) is 6.17 Å². The summed E-state index contributed by atoms with van der Waals surface area (Å²) >= 11 is 10.6. The molecular weight excluding hydrogens is 296 g/mol. The Morgan fingerprint density at radius 2 is 2.15 bits per heavy atom. The third-order valence-corrected chi connectivity index (χ3v) is 4.67. The molecule has 3 rings (SSSR count). The van der Waals surface area contributed by atoms with Crippen molar-refractivity contribution in [2.45, 2.75) is 30.3 Å². The molecule has 2 aliphatic heterocycles. The third kappa shape index (κ3) is 2.15. The maximum Gasteiger partial charge on any atom is 0.253 e. The molecule has 106 valence electrons. The SMILES string of the molecule is O=C1C=C(O)N(c2cccc(S)c2Cl)C2CCCCN12. The molecule has 2 heterocycles. The third-order valence-electron chi connectivity index (χ3n) is 3.77. The Kier molecular flexibility index (Phi) is 3.56. The first-order valence-electron chi connectivity index (χ1n) is 6.57. The van der Waals surface area contributed by atoms with Crippen LogP contribution in [-0.4, -0.2) is 28.6 Å². The normalized spacial score (nSPS) is 22.6. The van der Waals surface area contributed by atoms with Crippen molar-refractivity contribution in [3.05, 3.63) is 35.2 Å². The first-order valence-corrected chi connectivity index (χ1v) is 7.40. The van der Waals surface area contributed by atoms with Crippen LogP contribution in [0, 0.1) is 0 Å². The van der Waals surface area contributed by atoms with Gasteiger partial charge in [0.25, 0.3) is 5.91 Å². The molecule has 0 aromatic heterocycles. The van der Waals surface area contributed by atoms with Crippen LogP contribution >= 0.6 is 24.2 Å². The molecule has 1 saturated heterocycles. The highest BCUT2D eigenvalue weighted by atomic mass is 35.5. The number of piperidine rings is 1. The van der Waals surface area contributed by atoms with Gasteiger partial charge in [-0.05, 0) is 31.4 Å². The van der Waals surface area contributed by atoms with Crippen molar-refractivity contribution in [1.82, 2.24) is 4.90 Å². The summed E-state index contributed by atoms with van der Waals surface area (Å²) < 4.78 is 0. The van der Waals surface area contributed by atoms with Crippen LogP contribution in [0.1, 0.15) is 19.3 Å². The number of aliphatic hydroxyl groups excluding tert-OH is 1. The van der Waals surface area contributed by atoms with Gasteiger partial charge < -0.3 is 10.0 Å². The van der Waals surface area contributed by atoms with Gasteiger partial charge in [0.2, 0.25) is 0 Å². The van der Waals surface area contributed by atoms with Gasteiger partial charge in [0.15, 0.2) is 5.88 Å². The Bertz CT molecular complexity index is 591. The lowest BCUT2D eigenvalue weighted by Crippen LogP contribution is -2.56. The number of hydrogen-bond donors (Lipinski definition) is 2. The van der Waals surface area contributed by atoms with E-state index in [1.54, 1.807) is 15.9 Å². The highest BCUT2D eigenvalue weighted by Crippen LogP contribution is 2.38. The van der Waals surface area contributed by atoms with Gasteiger partial charge in [0.05, 0.1) is 16.8 Å². The Balaban J connectivity index is 2.08. The average molecular weight is 311 g/mol. The molecule has 2 aliphatic rings. The molecular formula is C14H15ClN2O2S. The maximum absolute atomic E-state index is 12.0. The molecule has 6 heteroatoms. The van der Waals surface area contributed by atoms with Crippen molar-refractivity contribution in [2.75, 3.05) is 11.4 Å². The number of fused-ring (bicyclic) bond motifs is 1. The highest BCUT2D eigenvalue weighted by Gasteiger charge is 2.37. The number of thiol groups is 1. The summed E-state index contributed by atoms with van der Waals surface area (Å²) in [7, 11) is 0. The van der Waals surface area contributed by atoms with E-state index in [4.69, 9.17) is 11.6 Å². The summed E-state index contributed by atoms with van der Waals surface area (Å²) in [5.74, 6) is -0.194. The lowest BCUT2D eigenvalue weighted by atomic mass is 10.0. The van der Waals surface area contributed by atoms with Crippen LogP contribution in [0.3, 0.4) is 0 Å². The van der Waals surface area contributed by atoms with E-state index < -0.39 is 0 Å². The topological polar surface area (TPSA) is 43.8 Å². The molecule has 0 aliphatic carbocycles. The van der Waals surface area contributed by atoms with Gasteiger partial charge in [-0.3, -0.25) is 9.69 Å². The van der Waals surface area contributed by atoms with E-state index in [1.165, 1.54) is 6.08 Å². The minimum absolute atomic E-state index is 0.0565. The molecule has 1 aromatic carbocycles. The van der Waals surface area contributed by atoms with E-state index in [9.17, 15) is 9.90 Å². The van der Waals surface area contributed by atoms with E-state index in [0.717, 1.165) is 19.3 Å². The average Bonchev–Trinajstić information content (AvgIpc) is 2.43. The summed E-state index contributed by atoms with van der Waals surface area (Å²) in [4.78, 5) is 16.1. The van der Waals surface area contributed by atoms with Crippen LogP contribution in [-0.2, 0) is 4.79 Å². The van der Waals surface area contributed by atoms with Crippen LogP contribution in [0.25, 0.3) is 0 Å². The van der Waals surface area contributed by atoms with Gasteiger partial charge >= 0.3 is 0 Å². The molecule has 0 saturated carbocycles. The molecule has 20 heavy (non-hydrogen) atoms. The second-order valence-electron chi connectivity index (χ2n) is 4.99. The predicted octanol–water partition coefficient (Wildman–Crippen LogP) is 3.19. The lowest BCUT2D eigenvalue weighted by Gasteiger charge is -2.45. The molecule has 1 fully saturated rings. The lowest BCUT2D eigenvalue weighted by molar-refractivity contribution is -0.130. The van der Waals surface area contributed by atoms with Gasteiger partial charge in [-0.1, -0.05) is 17.7 Å². The standard InChI is InChI=1S/C14H15ClN2O2S/c15-14-9(4-3-5-10(14)20)17-11-6-1-2-7-16(11)12(18)8-13(17)19/h3-5,8,11,19-20H,1-2,6-7H2. The van der Waals surface area contributed by atoms with Gasteiger partial charge in [-0.2, -0.15) is 0 Å². The second-order valence-corrected chi connectivity index (χ2v) is 5.85. The number of amides is 1. The number of aliphatic hydroxyl groups is 1. The Hall–Kier alpha value is -1.33. The first kappa shape index (κ1) is 13.6. The van der Waals surface area contributed by atoms with Crippen LogP contribution < -0.4 is 4.90 Å². The highest BCUT2D eigenvalue weighted by molar-refractivity contribution is 7.80. The van der Waals surface area contributed by atoms with Crippen LogP contribution in [0.4, 0.5) is 5.69 Å². The summed E-state index contributed by atoms with van der Waals surface area (Å²) in [6.45, 7) is 0.710. The number of anilines is 1. The molecule has 1 amide bonds. The van der Waals surface area contributed by atoms with Crippen molar-refractivity contribution >= 4 is 35.8 Å². The second kappa shape index (κ2) is 5.22. The fourth-order valence-corrected chi connectivity index (χ4v) is 3.25. The number of halogens is 1. The van der Waals surface area contributed by atoms with E-state index >= 15 is 0 Å². The van der Waals surface area contributed by atoms with Crippen molar-refractivity contribution in [2.24, 2.45) is 0 Å². The Morgan fingerprint density at radius 1 is 1.35 bits per heavy atom. The number of hydrogen-bond acceptors (Lipinski definition) is 4. The van der Waals surface area contributed by atoms with Crippen molar-refractivity contribution < 1.29 is 9.90 Å². The van der Waals surface area contributed by atoms with Crippen LogP contribution in [0.2, 0.25) is 5.02 Å². The molecule has 1 N–H and O–H groups in total. The summed E-state index contributed by atoms with van der Waals surface area (Å²) in [5.41, 5.74) is 0.678. The molecule has 1 atom stereocenters. The maximum atomic E-state index is 12.0. The number of benzene rings is 1. The smallest absolute Gasteiger partial charge is 0.253 e. The predicted molar refractivity (Wildman–Crippen MR) is 81.2 cm³/mol. The van der Waals surface area contributed by atoms with Crippen LogP contribution in [0.5, 0.6) is 0 Å². The number of rotatable bonds is 1. The number of carbonyl (C=O) groups is 1. The van der Waals surface area contributed by atoms with E-state index in [0.29, 0.717) is 22.2 Å². The molecule has 0 bridgehead atoms. The van der Waals surface area contributed by atoms with Crippen LogP contribution in [0.15, 0.2) is 35.1 Å². The zero-order chi connectivity index (χ0) is 14.3. The zero-order valence-electron chi connectivity index (χ0n) is 10.8. The summed E-state index contributed by atoms with van der Waals surface area (Å²) in [5, 5.41) is 10.7. The molecule has 4 nitrogen and oxygen atoms in total. The fraction of sp³-hybridized carbons (Fsp3) is 0.357. The minimum atomic E-state index is -0.172. The number of nitrogens with zero attached hydrogens (tertiary/aromatic N) is 2. The van der Waals surface area contributed by atoms with Crippen molar-refractivity contribution in [3.63, 3.8) is 0 Å². The molecule has 0 radical (unpaired) electrons. The zero-order valence-corrected chi connectivity index (χ0v) is 12.4. The quantitative estimate of drug-likeness (QED) is 0.783. The van der Waals surface area contributed by atoms with Gasteiger partial charge in [0, 0.05) is 11.4 Å². The van der Waals surface area contributed by atoms with E-state index in [-0.39, 0.29) is 18.0 Å². The minimum Gasteiger partial charge on any atom is -0.494 e. The monoisotopic (exact) mass is 310 g/mol. The molecule has 1 aromatic rings. The largest absolute Gasteiger partial charge is 0.494 e. The van der Waals surface area contributed by atoms with Crippen molar-refractivity contribution in [3.8, 4) is 0 Å². The Labute approximate surface area is 128 Å². The fourth-order valence-electron chi connectivity index (χ4n) is 2.83. The molecule has 1 unspecified atom stereocenters. The van der Waals surface area contributed by atoms with E-state index in [2.05, 4.69) is 12.6 Å². The van der Waals surface area contributed by atoms with Gasteiger partial charge in [-0.25, -0.2) is 0 Å². The first-order chi connectivity index (χ1) is 9.59. The van der Waals surface area contributed by atoms with Gasteiger partial charge in [-0.15, -0.1) is 12.6 Å².